The van der Waals surface area contributed by atoms with Crippen molar-refractivity contribution < 1.29 is 22.9 Å². The van der Waals surface area contributed by atoms with E-state index >= 15 is 0 Å². The molecular weight excluding hydrogens is 541 g/mol. The summed E-state index contributed by atoms with van der Waals surface area (Å²) in [7, 11) is -3.18. The number of aryl methyl sites for hydroxylation is 1. The molecule has 0 saturated heterocycles. The Hall–Kier alpha value is -3.05. The first-order valence-electron chi connectivity index (χ1n) is 9.80. The highest BCUT2D eigenvalue weighted by Gasteiger charge is 2.31. The van der Waals surface area contributed by atoms with E-state index in [0.717, 1.165) is 10.4 Å². The van der Waals surface area contributed by atoms with Gasteiger partial charge in [0.05, 0.1) is 33.3 Å². The lowest BCUT2D eigenvalue weighted by molar-refractivity contribution is -0.385. The second kappa shape index (κ2) is 10.7. The molecule has 0 fully saturated rings. The lowest BCUT2D eigenvalue weighted by atomic mass is 10.2. The molecule has 0 atom stereocenters. The Morgan fingerprint density at radius 3 is 2.34 bits per heavy atom. The van der Waals surface area contributed by atoms with Crippen molar-refractivity contribution in [2.45, 2.75) is 11.8 Å². The van der Waals surface area contributed by atoms with Gasteiger partial charge < -0.3 is 10.1 Å². The number of nitrogens with one attached hydrogen (secondary N) is 1. The second-order valence-electron chi connectivity index (χ2n) is 7.21. The van der Waals surface area contributed by atoms with Gasteiger partial charge in [0.2, 0.25) is 5.91 Å². The van der Waals surface area contributed by atoms with Crippen LogP contribution in [-0.4, -0.2) is 32.9 Å². The van der Waals surface area contributed by atoms with Gasteiger partial charge in [-0.05, 0) is 49.4 Å². The summed E-state index contributed by atoms with van der Waals surface area (Å²) in [4.78, 5) is 23.2. The number of methoxy groups -OCH3 is 1. The highest BCUT2D eigenvalue weighted by atomic mass is 35.5. The second-order valence-corrected chi connectivity index (χ2v) is 10.3. The van der Waals surface area contributed by atoms with Gasteiger partial charge in [0.1, 0.15) is 12.3 Å². The molecule has 13 heteroatoms. The van der Waals surface area contributed by atoms with Crippen molar-refractivity contribution in [3.05, 3.63) is 85.3 Å². The summed E-state index contributed by atoms with van der Waals surface area (Å²) in [5.74, 6) is -0.640. The quantitative estimate of drug-likeness (QED) is 0.280. The predicted octanol–water partition coefficient (Wildman–Crippen LogP) is 5.71. The number of rotatable bonds is 8. The number of carbonyl (C=O) groups is 1. The van der Waals surface area contributed by atoms with Crippen LogP contribution in [0.25, 0.3) is 0 Å². The van der Waals surface area contributed by atoms with Crippen molar-refractivity contribution in [3.8, 4) is 5.75 Å². The standard InChI is InChI=1S/C22H18Cl3N3O6S/c1-13-3-6-16(11-19(13)28(30)31)35(32,33)27(20-10-15(24)5-8-21(20)34-2)12-22(29)26-18-7-4-14(23)9-17(18)25/h3-11H,12H2,1-2H3,(H,26,29). The van der Waals surface area contributed by atoms with Gasteiger partial charge in [-0.1, -0.05) is 40.9 Å². The van der Waals surface area contributed by atoms with E-state index < -0.39 is 32.3 Å². The molecule has 3 rings (SSSR count). The number of carbonyl (C=O) groups excluding carboxylic acids is 1. The molecule has 0 bridgehead atoms. The van der Waals surface area contributed by atoms with Gasteiger partial charge >= 0.3 is 0 Å². The number of anilines is 2. The molecule has 0 aromatic heterocycles. The van der Waals surface area contributed by atoms with E-state index in [9.17, 15) is 23.3 Å². The largest absolute Gasteiger partial charge is 0.495 e. The Morgan fingerprint density at radius 2 is 1.71 bits per heavy atom. The molecule has 3 aromatic rings. The number of nitrogens with zero attached hydrogens (tertiary/aromatic N) is 2. The van der Waals surface area contributed by atoms with E-state index in [1.807, 2.05) is 0 Å². The third kappa shape index (κ3) is 5.96. The molecule has 0 saturated carbocycles. The Balaban J connectivity index is 2.10. The Morgan fingerprint density at radius 1 is 1.06 bits per heavy atom. The van der Waals surface area contributed by atoms with Crippen LogP contribution in [0, 0.1) is 17.0 Å². The predicted molar refractivity (Wildman–Crippen MR) is 135 cm³/mol. The average Bonchev–Trinajstić information content (AvgIpc) is 2.79. The molecule has 0 aliphatic heterocycles. The molecule has 0 unspecified atom stereocenters. The fraction of sp³-hybridized carbons (Fsp3) is 0.136. The highest BCUT2D eigenvalue weighted by molar-refractivity contribution is 7.92. The summed E-state index contributed by atoms with van der Waals surface area (Å²) in [5, 5.41) is 14.6. The number of hydrogen-bond acceptors (Lipinski definition) is 6. The maximum Gasteiger partial charge on any atom is 0.273 e. The third-order valence-electron chi connectivity index (χ3n) is 4.87. The zero-order valence-electron chi connectivity index (χ0n) is 18.3. The Bertz CT molecular complexity index is 1420. The minimum Gasteiger partial charge on any atom is -0.495 e. The van der Waals surface area contributed by atoms with Gasteiger partial charge in [0.15, 0.2) is 0 Å². The average molecular weight is 559 g/mol. The topological polar surface area (TPSA) is 119 Å². The lowest BCUT2D eigenvalue weighted by Crippen LogP contribution is -2.38. The number of amides is 1. The van der Waals surface area contributed by atoms with Crippen molar-refractivity contribution >= 4 is 67.8 Å². The summed E-state index contributed by atoms with van der Waals surface area (Å²) in [6.07, 6.45) is 0. The van der Waals surface area contributed by atoms with Crippen LogP contribution in [-0.2, 0) is 14.8 Å². The molecule has 35 heavy (non-hydrogen) atoms. The maximum absolute atomic E-state index is 13.7. The number of nitro groups is 1. The van der Waals surface area contributed by atoms with Crippen LogP contribution in [0.4, 0.5) is 17.1 Å². The monoisotopic (exact) mass is 557 g/mol. The molecular formula is C22H18Cl3N3O6S. The zero-order chi connectivity index (χ0) is 25.9. The number of ether oxygens (including phenoxy) is 1. The molecule has 0 aliphatic rings. The zero-order valence-corrected chi connectivity index (χ0v) is 21.4. The van der Waals surface area contributed by atoms with E-state index in [0.29, 0.717) is 5.02 Å². The summed E-state index contributed by atoms with van der Waals surface area (Å²) in [5.41, 5.74) is 0.0560. The molecule has 0 spiro atoms. The third-order valence-corrected chi connectivity index (χ3v) is 7.41. The van der Waals surface area contributed by atoms with Crippen LogP contribution in [0.2, 0.25) is 15.1 Å². The van der Waals surface area contributed by atoms with Gasteiger partial charge in [0.25, 0.3) is 15.7 Å². The van der Waals surface area contributed by atoms with Crippen LogP contribution in [0.5, 0.6) is 5.75 Å². The highest BCUT2D eigenvalue weighted by Crippen LogP contribution is 2.36. The lowest BCUT2D eigenvalue weighted by Gasteiger charge is -2.26. The molecule has 3 aromatic carbocycles. The SMILES string of the molecule is COc1ccc(Cl)cc1N(CC(=O)Nc1ccc(Cl)cc1Cl)S(=O)(=O)c1ccc(C)c([N+](=O)[O-])c1. The first-order valence-corrected chi connectivity index (χ1v) is 12.4. The molecule has 1 amide bonds. The number of benzene rings is 3. The summed E-state index contributed by atoms with van der Waals surface area (Å²) in [6.45, 7) is 0.759. The van der Waals surface area contributed by atoms with Crippen molar-refractivity contribution in [1.82, 2.24) is 0 Å². The van der Waals surface area contributed by atoms with E-state index in [-0.39, 0.29) is 38.4 Å². The molecule has 184 valence electrons. The Kier molecular flexibility index (Phi) is 8.11. The van der Waals surface area contributed by atoms with E-state index in [1.165, 1.54) is 62.6 Å². The van der Waals surface area contributed by atoms with Crippen molar-refractivity contribution in [2.75, 3.05) is 23.3 Å². The van der Waals surface area contributed by atoms with Gasteiger partial charge in [-0.3, -0.25) is 19.2 Å². The normalized spacial score (nSPS) is 11.1. The number of hydrogen-bond donors (Lipinski definition) is 1. The van der Waals surface area contributed by atoms with Crippen LogP contribution in [0.15, 0.2) is 59.5 Å². The van der Waals surface area contributed by atoms with Crippen LogP contribution >= 0.6 is 34.8 Å². The minimum absolute atomic E-state index is 0.0411. The molecule has 9 nitrogen and oxygen atoms in total. The Labute approximate surface area is 216 Å². The molecule has 0 aliphatic carbocycles. The van der Waals surface area contributed by atoms with E-state index in [1.54, 1.807) is 0 Å². The van der Waals surface area contributed by atoms with Gasteiger partial charge in [0, 0.05) is 21.7 Å². The first kappa shape index (κ1) is 26.6. The van der Waals surface area contributed by atoms with Crippen LogP contribution < -0.4 is 14.4 Å². The van der Waals surface area contributed by atoms with Crippen molar-refractivity contribution in [1.29, 1.82) is 0 Å². The van der Waals surface area contributed by atoms with Crippen LogP contribution in [0.1, 0.15) is 5.56 Å². The van der Waals surface area contributed by atoms with Crippen molar-refractivity contribution in [2.24, 2.45) is 0 Å². The molecule has 0 heterocycles. The summed E-state index contributed by atoms with van der Waals surface area (Å²) < 4.78 is 33.4. The summed E-state index contributed by atoms with van der Waals surface area (Å²) >= 11 is 18.1. The molecule has 1 N–H and O–H groups in total. The number of halogens is 3. The van der Waals surface area contributed by atoms with Gasteiger partial charge in [-0.2, -0.15) is 0 Å². The number of sulfonamides is 1. The smallest absolute Gasteiger partial charge is 0.273 e. The van der Waals surface area contributed by atoms with Crippen LogP contribution in [0.3, 0.4) is 0 Å². The van der Waals surface area contributed by atoms with E-state index in [2.05, 4.69) is 5.32 Å². The molecule has 0 radical (unpaired) electrons. The fourth-order valence-corrected chi connectivity index (χ4v) is 5.21. The fourth-order valence-electron chi connectivity index (χ4n) is 3.14. The van der Waals surface area contributed by atoms with Gasteiger partial charge in [-0.25, -0.2) is 8.42 Å². The van der Waals surface area contributed by atoms with Crippen molar-refractivity contribution in [3.63, 3.8) is 0 Å². The summed E-state index contributed by atoms with van der Waals surface area (Å²) in [6, 6.07) is 12.1. The van der Waals surface area contributed by atoms with Gasteiger partial charge in [-0.15, -0.1) is 0 Å². The number of nitro benzene ring substituents is 1. The maximum atomic E-state index is 13.7. The minimum atomic E-state index is -4.51. The van der Waals surface area contributed by atoms with E-state index in [4.69, 9.17) is 39.5 Å². The first-order chi connectivity index (χ1) is 16.4.